The summed E-state index contributed by atoms with van der Waals surface area (Å²) in [5, 5.41) is 10.5. The second kappa shape index (κ2) is 8.15. The van der Waals surface area contributed by atoms with Crippen LogP contribution in [0, 0.1) is 17.2 Å². The third kappa shape index (κ3) is 3.56. The molecule has 158 valence electrons. The number of hydrogen-bond acceptors (Lipinski definition) is 3. The van der Waals surface area contributed by atoms with Crippen molar-refractivity contribution >= 4 is 28.3 Å². The number of rotatable bonds is 5. The SMILES string of the molecule is N#CCCCn1cc(C(=O)C2CCC3(CC2)OCc2ccccc23)c2ccc(Cl)cc21. The van der Waals surface area contributed by atoms with E-state index in [1.54, 1.807) is 0 Å². The number of hydrogen-bond donors (Lipinski definition) is 0. The van der Waals surface area contributed by atoms with Crippen LogP contribution in [0.2, 0.25) is 5.02 Å². The molecule has 31 heavy (non-hydrogen) atoms. The minimum atomic E-state index is -0.216. The van der Waals surface area contributed by atoms with Crippen LogP contribution in [0.3, 0.4) is 0 Å². The first-order valence-corrected chi connectivity index (χ1v) is 11.4. The molecule has 1 fully saturated rings. The van der Waals surface area contributed by atoms with Crippen LogP contribution in [0.4, 0.5) is 0 Å². The summed E-state index contributed by atoms with van der Waals surface area (Å²) in [5.41, 5.74) is 4.12. The zero-order chi connectivity index (χ0) is 21.4. The van der Waals surface area contributed by atoms with E-state index in [-0.39, 0.29) is 17.3 Å². The fourth-order valence-electron chi connectivity index (χ4n) is 5.34. The molecule has 1 aliphatic heterocycles. The molecule has 1 aliphatic carbocycles. The molecule has 5 rings (SSSR count). The highest BCUT2D eigenvalue weighted by atomic mass is 35.5. The van der Waals surface area contributed by atoms with E-state index in [1.807, 2.05) is 24.4 Å². The normalized spacial score (nSPS) is 22.5. The summed E-state index contributed by atoms with van der Waals surface area (Å²) in [5.74, 6) is 0.225. The first-order valence-electron chi connectivity index (χ1n) is 11.0. The first kappa shape index (κ1) is 20.3. The van der Waals surface area contributed by atoms with Crippen molar-refractivity contribution in [3.05, 3.63) is 70.4 Å². The molecule has 0 atom stereocenters. The third-order valence-corrected chi connectivity index (χ3v) is 7.21. The predicted octanol–water partition coefficient (Wildman–Crippen LogP) is 6.40. The Hall–Kier alpha value is -2.61. The maximum atomic E-state index is 13.6. The molecular weight excluding hydrogens is 408 g/mol. The maximum Gasteiger partial charge on any atom is 0.168 e. The Balaban J connectivity index is 1.38. The van der Waals surface area contributed by atoms with Crippen molar-refractivity contribution in [3.63, 3.8) is 0 Å². The number of ketones is 1. The van der Waals surface area contributed by atoms with E-state index >= 15 is 0 Å². The van der Waals surface area contributed by atoms with E-state index in [9.17, 15) is 4.79 Å². The van der Waals surface area contributed by atoms with Crippen LogP contribution in [0.15, 0.2) is 48.7 Å². The number of fused-ring (bicyclic) bond motifs is 3. The zero-order valence-corrected chi connectivity index (χ0v) is 18.2. The number of aryl methyl sites for hydroxylation is 1. The van der Waals surface area contributed by atoms with Crippen molar-refractivity contribution in [1.82, 2.24) is 4.57 Å². The number of carbonyl (C=O) groups is 1. The largest absolute Gasteiger partial charge is 0.366 e. The lowest BCUT2D eigenvalue weighted by atomic mass is 9.73. The van der Waals surface area contributed by atoms with Gasteiger partial charge in [0.15, 0.2) is 5.78 Å². The minimum absolute atomic E-state index is 0.0100. The molecule has 1 saturated carbocycles. The summed E-state index contributed by atoms with van der Waals surface area (Å²) < 4.78 is 8.35. The van der Waals surface area contributed by atoms with Crippen molar-refractivity contribution in [2.45, 2.75) is 57.3 Å². The average Bonchev–Trinajstić information content (AvgIpc) is 3.33. The second-order valence-electron chi connectivity index (χ2n) is 8.74. The van der Waals surface area contributed by atoms with Crippen LogP contribution in [0.5, 0.6) is 0 Å². The van der Waals surface area contributed by atoms with Gasteiger partial charge in [0.05, 0.1) is 23.8 Å². The van der Waals surface area contributed by atoms with Crippen LogP contribution in [-0.4, -0.2) is 10.4 Å². The highest BCUT2D eigenvalue weighted by molar-refractivity contribution is 6.31. The Morgan fingerprint density at radius 2 is 2.03 bits per heavy atom. The van der Waals surface area contributed by atoms with Gasteiger partial charge in [0.2, 0.25) is 0 Å². The number of benzene rings is 2. The van der Waals surface area contributed by atoms with E-state index < -0.39 is 0 Å². The molecule has 2 aromatic carbocycles. The van der Waals surface area contributed by atoms with Gasteiger partial charge in [-0.05, 0) is 55.4 Å². The van der Waals surface area contributed by atoms with Crippen LogP contribution >= 0.6 is 11.6 Å². The number of carbonyl (C=O) groups excluding carboxylic acids is 1. The molecule has 2 heterocycles. The van der Waals surface area contributed by atoms with Crippen LogP contribution < -0.4 is 0 Å². The molecule has 0 radical (unpaired) electrons. The number of nitrogens with zero attached hydrogens (tertiary/aromatic N) is 2. The van der Waals surface area contributed by atoms with Gasteiger partial charge in [-0.25, -0.2) is 0 Å². The van der Waals surface area contributed by atoms with Crippen molar-refractivity contribution in [3.8, 4) is 6.07 Å². The van der Waals surface area contributed by atoms with Gasteiger partial charge in [0.1, 0.15) is 0 Å². The van der Waals surface area contributed by atoms with Gasteiger partial charge >= 0.3 is 0 Å². The third-order valence-electron chi connectivity index (χ3n) is 6.97. The molecule has 3 aromatic rings. The maximum absolute atomic E-state index is 13.6. The minimum Gasteiger partial charge on any atom is -0.366 e. The van der Waals surface area contributed by atoms with E-state index in [2.05, 4.69) is 34.9 Å². The topological polar surface area (TPSA) is 55.0 Å². The Labute approximate surface area is 187 Å². The smallest absolute Gasteiger partial charge is 0.168 e. The van der Waals surface area contributed by atoms with Crippen molar-refractivity contribution < 1.29 is 9.53 Å². The fraction of sp³-hybridized carbons (Fsp3) is 0.385. The van der Waals surface area contributed by atoms with Gasteiger partial charge in [-0.1, -0.05) is 41.9 Å². The summed E-state index contributed by atoms with van der Waals surface area (Å²) in [6.07, 6.45) is 6.65. The van der Waals surface area contributed by atoms with Crippen molar-refractivity contribution in [2.75, 3.05) is 0 Å². The number of Topliss-reactive ketones (excluding diaryl/α,β-unsaturated/α-hetero) is 1. The highest BCUT2D eigenvalue weighted by Crippen LogP contribution is 2.48. The second-order valence-corrected chi connectivity index (χ2v) is 9.17. The zero-order valence-electron chi connectivity index (χ0n) is 17.4. The molecule has 1 aromatic heterocycles. The van der Waals surface area contributed by atoms with Crippen molar-refractivity contribution in [2.24, 2.45) is 5.92 Å². The van der Waals surface area contributed by atoms with Gasteiger partial charge in [0, 0.05) is 41.1 Å². The molecule has 4 nitrogen and oxygen atoms in total. The number of nitriles is 1. The van der Waals surface area contributed by atoms with E-state index in [4.69, 9.17) is 21.6 Å². The van der Waals surface area contributed by atoms with Gasteiger partial charge in [-0.2, -0.15) is 5.26 Å². The summed E-state index contributed by atoms with van der Waals surface area (Å²) >= 11 is 6.24. The number of aromatic nitrogens is 1. The lowest BCUT2D eigenvalue weighted by Gasteiger charge is -2.36. The number of unbranched alkanes of at least 4 members (excludes halogenated alkanes) is 1. The fourth-order valence-corrected chi connectivity index (χ4v) is 5.51. The van der Waals surface area contributed by atoms with E-state index in [1.165, 1.54) is 11.1 Å². The summed E-state index contributed by atoms with van der Waals surface area (Å²) in [6.45, 7) is 1.38. The van der Waals surface area contributed by atoms with Crippen molar-refractivity contribution in [1.29, 1.82) is 5.26 Å². The molecule has 0 N–H and O–H groups in total. The molecule has 0 unspecified atom stereocenters. The molecule has 0 bridgehead atoms. The number of halogens is 1. The Kier molecular flexibility index (Phi) is 5.33. The summed E-state index contributed by atoms with van der Waals surface area (Å²) in [6, 6.07) is 16.4. The van der Waals surface area contributed by atoms with Gasteiger partial charge < -0.3 is 9.30 Å². The molecule has 0 amide bonds. The standard InChI is InChI=1S/C26H25ClN2O2/c27-20-7-8-21-22(16-29(24(21)15-20)14-4-3-13-28)25(30)18-9-11-26(12-10-18)23-6-2-1-5-19(23)17-31-26/h1-2,5-8,15-16,18H,3-4,9-12,14,17H2. The monoisotopic (exact) mass is 432 g/mol. The first-order chi connectivity index (χ1) is 15.1. The van der Waals surface area contributed by atoms with Gasteiger partial charge in [-0.3, -0.25) is 4.79 Å². The van der Waals surface area contributed by atoms with Crippen LogP contribution in [-0.2, 0) is 23.5 Å². The molecule has 5 heteroatoms. The van der Waals surface area contributed by atoms with E-state index in [0.717, 1.165) is 48.6 Å². The highest BCUT2D eigenvalue weighted by Gasteiger charge is 2.44. The Bertz CT molecular complexity index is 1180. The Morgan fingerprint density at radius 3 is 2.84 bits per heavy atom. The molecule has 0 saturated heterocycles. The van der Waals surface area contributed by atoms with Gasteiger partial charge in [-0.15, -0.1) is 0 Å². The Morgan fingerprint density at radius 1 is 1.23 bits per heavy atom. The van der Waals surface area contributed by atoms with Crippen LogP contribution in [0.25, 0.3) is 10.9 Å². The van der Waals surface area contributed by atoms with Gasteiger partial charge in [0.25, 0.3) is 0 Å². The summed E-state index contributed by atoms with van der Waals surface area (Å²) in [4.78, 5) is 13.6. The predicted molar refractivity (Wildman–Crippen MR) is 121 cm³/mol. The average molecular weight is 433 g/mol. The lowest BCUT2D eigenvalue weighted by Crippen LogP contribution is -2.33. The molecule has 2 aliphatic rings. The molecular formula is C26H25ClN2O2. The molecule has 1 spiro atoms. The quantitative estimate of drug-likeness (QED) is 0.346. The lowest BCUT2D eigenvalue weighted by molar-refractivity contribution is -0.0697. The van der Waals surface area contributed by atoms with E-state index in [0.29, 0.717) is 24.6 Å². The van der Waals surface area contributed by atoms with Crippen LogP contribution in [0.1, 0.15) is 60.0 Å². The number of ether oxygens (including phenoxy) is 1. The summed E-state index contributed by atoms with van der Waals surface area (Å²) in [7, 11) is 0.